The number of hydrogen-bond acceptors (Lipinski definition) is 5. The molecular formula is C16H27NO3S. The Kier molecular flexibility index (Phi) is 9.10. The molecule has 1 rings (SSSR count). The largest absolute Gasteiger partial charge is 0.465 e. The lowest BCUT2D eigenvalue weighted by atomic mass is 10.1. The molecule has 120 valence electrons. The number of nitrogens with two attached hydrogens (primary N) is 1. The predicted molar refractivity (Wildman–Crippen MR) is 87.8 cm³/mol. The summed E-state index contributed by atoms with van der Waals surface area (Å²) in [4.78, 5) is 12.6. The van der Waals surface area contributed by atoms with Crippen LogP contribution in [0.5, 0.6) is 0 Å². The van der Waals surface area contributed by atoms with Crippen LogP contribution in [0.1, 0.15) is 66.6 Å². The second kappa shape index (κ2) is 10.6. The van der Waals surface area contributed by atoms with Gasteiger partial charge in [-0.1, -0.05) is 38.5 Å². The number of unbranched alkanes of at least 4 members (excludes halogenated alkanes) is 7. The van der Waals surface area contributed by atoms with Gasteiger partial charge in [-0.3, -0.25) is 0 Å². The quantitative estimate of drug-likeness (QED) is 0.482. The van der Waals surface area contributed by atoms with Crippen LogP contribution in [0, 0.1) is 0 Å². The van der Waals surface area contributed by atoms with Crippen LogP contribution in [-0.4, -0.2) is 24.8 Å². The molecular weight excluding hydrogens is 286 g/mol. The molecule has 0 aliphatic rings. The van der Waals surface area contributed by atoms with Gasteiger partial charge in [0.25, 0.3) is 0 Å². The van der Waals surface area contributed by atoms with E-state index >= 15 is 0 Å². The first-order valence-electron chi connectivity index (χ1n) is 7.76. The van der Waals surface area contributed by atoms with E-state index in [0.29, 0.717) is 17.2 Å². The van der Waals surface area contributed by atoms with E-state index in [0.717, 1.165) is 30.6 Å². The molecule has 0 radical (unpaired) electrons. The van der Waals surface area contributed by atoms with E-state index in [1.54, 1.807) is 0 Å². The Bertz CT molecular complexity index is 418. The first kappa shape index (κ1) is 18.0. The second-order valence-electron chi connectivity index (χ2n) is 5.28. The molecule has 21 heavy (non-hydrogen) atoms. The fourth-order valence-corrected chi connectivity index (χ4v) is 3.28. The summed E-state index contributed by atoms with van der Waals surface area (Å²) in [6.45, 7) is 0.317. The van der Waals surface area contributed by atoms with Crippen LogP contribution < -0.4 is 5.73 Å². The molecule has 4 nitrogen and oxygen atoms in total. The maximum Gasteiger partial charge on any atom is 0.340 e. The summed E-state index contributed by atoms with van der Waals surface area (Å²) in [6.07, 6.45) is 10.4. The van der Waals surface area contributed by atoms with Crippen LogP contribution in [0.4, 0.5) is 5.00 Å². The van der Waals surface area contributed by atoms with E-state index in [-0.39, 0.29) is 5.97 Å². The third-order valence-corrected chi connectivity index (χ3v) is 4.57. The minimum atomic E-state index is -0.349. The van der Waals surface area contributed by atoms with Crippen LogP contribution in [0.3, 0.4) is 0 Å². The van der Waals surface area contributed by atoms with Gasteiger partial charge in [0.2, 0.25) is 0 Å². The molecule has 0 aliphatic carbocycles. The Morgan fingerprint density at radius 3 is 2.29 bits per heavy atom. The van der Waals surface area contributed by atoms with Crippen LogP contribution in [0.2, 0.25) is 0 Å². The van der Waals surface area contributed by atoms with Crippen LogP contribution in [0.15, 0.2) is 6.07 Å². The average Bonchev–Trinajstić information content (AvgIpc) is 2.85. The summed E-state index contributed by atoms with van der Waals surface area (Å²) in [5.41, 5.74) is 6.33. The van der Waals surface area contributed by atoms with Gasteiger partial charge in [0.1, 0.15) is 5.00 Å². The minimum Gasteiger partial charge on any atom is -0.465 e. The predicted octanol–water partition coefficient (Wildman–Crippen LogP) is 3.77. The van der Waals surface area contributed by atoms with Crippen LogP contribution >= 0.6 is 11.3 Å². The Labute approximate surface area is 131 Å². The SMILES string of the molecule is COC(=O)c1cc(CCCCCCCCCCO)sc1N. The lowest BCUT2D eigenvalue weighted by Gasteiger charge is -2.01. The number of aliphatic hydroxyl groups is 1. The van der Waals surface area contributed by atoms with Crippen molar-refractivity contribution in [3.05, 3.63) is 16.5 Å². The van der Waals surface area contributed by atoms with E-state index in [2.05, 4.69) is 0 Å². The fourth-order valence-electron chi connectivity index (χ4n) is 2.32. The fraction of sp³-hybridized carbons (Fsp3) is 0.688. The molecule has 0 amide bonds. The van der Waals surface area contributed by atoms with Gasteiger partial charge in [0.05, 0.1) is 12.7 Å². The number of carbonyl (C=O) groups is 1. The molecule has 0 aliphatic heterocycles. The normalized spacial score (nSPS) is 10.8. The number of thiophene rings is 1. The minimum absolute atomic E-state index is 0.317. The Hall–Kier alpha value is -1.07. The van der Waals surface area contributed by atoms with Gasteiger partial charge in [-0.05, 0) is 25.3 Å². The summed E-state index contributed by atoms with van der Waals surface area (Å²) in [6, 6.07) is 1.86. The number of ether oxygens (including phenoxy) is 1. The second-order valence-corrected chi connectivity index (χ2v) is 6.45. The number of hydrogen-bond donors (Lipinski definition) is 2. The highest BCUT2D eigenvalue weighted by Gasteiger charge is 2.13. The molecule has 0 bridgehead atoms. The standard InChI is InChI=1S/C16H27NO3S/c1-20-16(19)14-12-13(21-15(14)17)10-8-6-4-2-3-5-7-9-11-18/h12,18H,2-11,17H2,1H3. The lowest BCUT2D eigenvalue weighted by molar-refractivity contribution is 0.0602. The maximum atomic E-state index is 11.5. The van der Waals surface area contributed by atoms with Crippen molar-refractivity contribution in [3.8, 4) is 0 Å². The van der Waals surface area contributed by atoms with Crippen molar-refractivity contribution in [2.24, 2.45) is 0 Å². The summed E-state index contributed by atoms with van der Waals surface area (Å²) >= 11 is 1.49. The zero-order valence-electron chi connectivity index (χ0n) is 12.9. The molecule has 0 saturated carbocycles. The molecule has 3 N–H and O–H groups in total. The molecule has 0 fully saturated rings. The van der Waals surface area contributed by atoms with Crippen molar-refractivity contribution in [1.29, 1.82) is 0 Å². The van der Waals surface area contributed by atoms with Crippen LogP contribution in [-0.2, 0) is 11.2 Å². The van der Waals surface area contributed by atoms with Gasteiger partial charge in [0, 0.05) is 11.5 Å². The highest BCUT2D eigenvalue weighted by atomic mass is 32.1. The molecule has 5 heteroatoms. The van der Waals surface area contributed by atoms with E-state index in [9.17, 15) is 4.79 Å². The third kappa shape index (κ3) is 6.96. The number of aryl methyl sites for hydroxylation is 1. The Morgan fingerprint density at radius 1 is 1.14 bits per heavy atom. The monoisotopic (exact) mass is 313 g/mol. The van der Waals surface area contributed by atoms with Gasteiger partial charge >= 0.3 is 5.97 Å². The summed E-state index contributed by atoms with van der Waals surface area (Å²) in [5, 5.41) is 9.24. The van der Waals surface area contributed by atoms with E-state index in [1.807, 2.05) is 6.07 Å². The topological polar surface area (TPSA) is 72.5 Å². The molecule has 1 aromatic heterocycles. The summed E-state index contributed by atoms with van der Waals surface area (Å²) in [7, 11) is 1.37. The first-order chi connectivity index (χ1) is 10.2. The van der Waals surface area contributed by atoms with E-state index in [1.165, 1.54) is 50.6 Å². The van der Waals surface area contributed by atoms with Crippen LogP contribution in [0.25, 0.3) is 0 Å². The number of nitrogen functional groups attached to an aromatic ring is 1. The molecule has 0 unspecified atom stereocenters. The van der Waals surface area contributed by atoms with Gasteiger partial charge in [-0.25, -0.2) is 4.79 Å². The lowest BCUT2D eigenvalue weighted by Crippen LogP contribution is -2.01. The van der Waals surface area contributed by atoms with E-state index < -0.39 is 0 Å². The van der Waals surface area contributed by atoms with Gasteiger partial charge in [-0.15, -0.1) is 11.3 Å². The number of carbonyl (C=O) groups excluding carboxylic acids is 1. The molecule has 1 aromatic rings. The first-order valence-corrected chi connectivity index (χ1v) is 8.58. The summed E-state index contributed by atoms with van der Waals surface area (Å²) in [5.74, 6) is -0.349. The molecule has 0 atom stereocenters. The van der Waals surface area contributed by atoms with Gasteiger partial charge in [0.15, 0.2) is 0 Å². The Morgan fingerprint density at radius 2 is 1.71 bits per heavy atom. The molecule has 0 spiro atoms. The van der Waals surface area contributed by atoms with Crippen molar-refractivity contribution >= 4 is 22.3 Å². The van der Waals surface area contributed by atoms with Crippen molar-refractivity contribution in [2.45, 2.75) is 57.8 Å². The third-order valence-electron chi connectivity index (χ3n) is 3.55. The molecule has 1 heterocycles. The average molecular weight is 313 g/mol. The number of esters is 1. The van der Waals surface area contributed by atoms with Crippen molar-refractivity contribution in [2.75, 3.05) is 19.5 Å². The molecule has 0 aromatic carbocycles. The van der Waals surface area contributed by atoms with E-state index in [4.69, 9.17) is 15.6 Å². The number of anilines is 1. The van der Waals surface area contributed by atoms with Gasteiger partial charge in [-0.2, -0.15) is 0 Å². The van der Waals surface area contributed by atoms with Crippen molar-refractivity contribution < 1.29 is 14.6 Å². The highest BCUT2D eigenvalue weighted by Crippen LogP contribution is 2.27. The summed E-state index contributed by atoms with van der Waals surface area (Å²) < 4.78 is 4.70. The van der Waals surface area contributed by atoms with Crippen molar-refractivity contribution in [1.82, 2.24) is 0 Å². The van der Waals surface area contributed by atoms with Crippen molar-refractivity contribution in [3.63, 3.8) is 0 Å². The highest BCUT2D eigenvalue weighted by molar-refractivity contribution is 7.16. The zero-order valence-corrected chi connectivity index (χ0v) is 13.7. The smallest absolute Gasteiger partial charge is 0.340 e. The number of methoxy groups -OCH3 is 1. The Balaban J connectivity index is 2.12. The number of aliphatic hydroxyl groups excluding tert-OH is 1. The number of rotatable bonds is 11. The zero-order chi connectivity index (χ0) is 15.5. The maximum absolute atomic E-state index is 11.5. The van der Waals surface area contributed by atoms with Gasteiger partial charge < -0.3 is 15.6 Å². The molecule has 0 saturated heterocycles.